The fourth-order valence-electron chi connectivity index (χ4n) is 2.64. The van der Waals surface area contributed by atoms with Crippen LogP contribution in [0, 0.1) is 0 Å². The van der Waals surface area contributed by atoms with Crippen LogP contribution in [-0.4, -0.2) is 16.6 Å². The zero-order valence-electron chi connectivity index (χ0n) is 14.0. The number of nitrogens with one attached hydrogen (secondary N) is 1. The number of rotatable bonds is 6. The number of hydrogen-bond acceptors (Lipinski definition) is 2. The molecule has 3 rings (SSSR count). The van der Waals surface area contributed by atoms with Crippen molar-refractivity contribution in [2.45, 2.75) is 33.1 Å². The number of fused-ring (bicyclic) bond motifs is 1. The van der Waals surface area contributed by atoms with Gasteiger partial charge in [0.05, 0.1) is 12.7 Å². The second-order valence-electron chi connectivity index (χ2n) is 6.11. The minimum Gasteiger partial charge on any atom is -0.374 e. The molecule has 4 nitrogen and oxygen atoms in total. The molecule has 0 bridgehead atoms. The van der Waals surface area contributed by atoms with Crippen LogP contribution < -0.4 is 5.32 Å². The molecule has 1 N–H and O–H groups in total. The van der Waals surface area contributed by atoms with Gasteiger partial charge in [-0.2, -0.15) is 0 Å². The molecule has 0 aliphatic rings. The first-order valence-corrected chi connectivity index (χ1v) is 8.16. The van der Waals surface area contributed by atoms with Crippen molar-refractivity contribution in [2.75, 3.05) is 5.32 Å². The van der Waals surface area contributed by atoms with E-state index in [0.29, 0.717) is 13.2 Å². The second kappa shape index (κ2) is 7.32. The van der Waals surface area contributed by atoms with Crippen LogP contribution in [0.5, 0.6) is 0 Å². The fraction of sp³-hybridized carbons (Fsp3) is 0.250. The lowest BCUT2D eigenvalue weighted by atomic mass is 10.2. The monoisotopic (exact) mass is 322 g/mol. The van der Waals surface area contributed by atoms with Crippen LogP contribution in [0.2, 0.25) is 0 Å². The van der Waals surface area contributed by atoms with Crippen LogP contribution >= 0.6 is 0 Å². The van der Waals surface area contributed by atoms with Gasteiger partial charge >= 0.3 is 0 Å². The maximum absolute atomic E-state index is 12.3. The summed E-state index contributed by atoms with van der Waals surface area (Å²) in [6, 6.07) is 17.8. The van der Waals surface area contributed by atoms with E-state index < -0.39 is 0 Å². The summed E-state index contributed by atoms with van der Waals surface area (Å²) in [5, 5.41) is 4.09. The topological polar surface area (TPSA) is 43.3 Å². The molecule has 0 saturated heterocycles. The lowest BCUT2D eigenvalue weighted by molar-refractivity contribution is -0.116. The van der Waals surface area contributed by atoms with Gasteiger partial charge in [-0.25, -0.2) is 0 Å². The number of benzene rings is 2. The predicted octanol–water partition coefficient (Wildman–Crippen LogP) is 4.21. The van der Waals surface area contributed by atoms with Crippen LogP contribution in [0.25, 0.3) is 10.9 Å². The van der Waals surface area contributed by atoms with E-state index in [1.54, 1.807) is 0 Å². The number of para-hydroxylation sites is 1. The highest BCUT2D eigenvalue weighted by molar-refractivity contribution is 5.92. The molecule has 2 aromatic carbocycles. The Kier molecular flexibility index (Phi) is 4.96. The van der Waals surface area contributed by atoms with Gasteiger partial charge in [0.1, 0.15) is 6.54 Å². The van der Waals surface area contributed by atoms with Gasteiger partial charge in [-0.15, -0.1) is 0 Å². The van der Waals surface area contributed by atoms with Crippen LogP contribution in [0.1, 0.15) is 19.4 Å². The van der Waals surface area contributed by atoms with E-state index in [4.69, 9.17) is 4.74 Å². The lowest BCUT2D eigenvalue weighted by Crippen LogP contribution is -2.18. The summed E-state index contributed by atoms with van der Waals surface area (Å²) >= 11 is 0. The highest BCUT2D eigenvalue weighted by Crippen LogP contribution is 2.16. The predicted molar refractivity (Wildman–Crippen MR) is 96.9 cm³/mol. The summed E-state index contributed by atoms with van der Waals surface area (Å²) in [5.74, 6) is -0.0433. The third-order valence-corrected chi connectivity index (χ3v) is 3.79. The number of amides is 1. The van der Waals surface area contributed by atoms with Gasteiger partial charge in [0.2, 0.25) is 5.91 Å². The molecule has 0 aliphatic heterocycles. The Labute approximate surface area is 142 Å². The van der Waals surface area contributed by atoms with Crippen molar-refractivity contribution < 1.29 is 9.53 Å². The number of hydrogen-bond donors (Lipinski definition) is 1. The molecule has 3 aromatic rings. The molecule has 24 heavy (non-hydrogen) atoms. The zero-order chi connectivity index (χ0) is 16.9. The standard InChI is InChI=1S/C20H22N2O2/c1-15(2)24-14-16-6-5-8-18(12-16)21-20(23)13-22-11-10-17-7-3-4-9-19(17)22/h3-12,15H,13-14H2,1-2H3,(H,21,23). The number of ether oxygens (including phenoxy) is 1. The molecular weight excluding hydrogens is 300 g/mol. The molecule has 0 saturated carbocycles. The number of carbonyl (C=O) groups is 1. The molecule has 0 radical (unpaired) electrons. The number of carbonyl (C=O) groups excluding carboxylic acids is 1. The number of aromatic nitrogens is 1. The van der Waals surface area contributed by atoms with Crippen molar-refractivity contribution in [3.8, 4) is 0 Å². The Hall–Kier alpha value is -2.59. The van der Waals surface area contributed by atoms with Gasteiger partial charge < -0.3 is 14.6 Å². The van der Waals surface area contributed by atoms with Gasteiger partial charge in [-0.05, 0) is 49.1 Å². The molecule has 0 fully saturated rings. The SMILES string of the molecule is CC(C)OCc1cccc(NC(=O)Cn2ccc3ccccc32)c1. The molecule has 0 spiro atoms. The largest absolute Gasteiger partial charge is 0.374 e. The van der Waals surface area contributed by atoms with Crippen molar-refractivity contribution in [1.82, 2.24) is 4.57 Å². The van der Waals surface area contributed by atoms with E-state index >= 15 is 0 Å². The highest BCUT2D eigenvalue weighted by atomic mass is 16.5. The Morgan fingerprint density at radius 2 is 1.96 bits per heavy atom. The summed E-state index contributed by atoms with van der Waals surface area (Å²) in [7, 11) is 0. The third-order valence-electron chi connectivity index (χ3n) is 3.79. The van der Waals surface area contributed by atoms with Gasteiger partial charge in [0, 0.05) is 17.4 Å². The van der Waals surface area contributed by atoms with Crippen molar-refractivity contribution in [1.29, 1.82) is 0 Å². The van der Waals surface area contributed by atoms with E-state index in [0.717, 1.165) is 22.2 Å². The molecule has 1 aromatic heterocycles. The zero-order valence-corrected chi connectivity index (χ0v) is 14.0. The van der Waals surface area contributed by atoms with E-state index in [2.05, 4.69) is 5.32 Å². The van der Waals surface area contributed by atoms with Crippen LogP contribution in [0.15, 0.2) is 60.8 Å². The molecule has 0 aliphatic carbocycles. The van der Waals surface area contributed by atoms with Gasteiger partial charge in [0.25, 0.3) is 0 Å². The van der Waals surface area contributed by atoms with Crippen molar-refractivity contribution >= 4 is 22.5 Å². The quantitative estimate of drug-likeness (QED) is 0.739. The second-order valence-corrected chi connectivity index (χ2v) is 6.11. The average molecular weight is 322 g/mol. The Bertz CT molecular complexity index is 836. The third kappa shape index (κ3) is 4.03. The molecular formula is C20H22N2O2. The minimum atomic E-state index is -0.0433. The lowest BCUT2D eigenvalue weighted by Gasteiger charge is -2.10. The molecule has 0 atom stereocenters. The number of nitrogens with zero attached hydrogens (tertiary/aromatic N) is 1. The van der Waals surface area contributed by atoms with Crippen LogP contribution in [0.3, 0.4) is 0 Å². The smallest absolute Gasteiger partial charge is 0.244 e. The summed E-state index contributed by atoms with van der Waals surface area (Å²) in [6.45, 7) is 4.85. The summed E-state index contributed by atoms with van der Waals surface area (Å²) in [6.07, 6.45) is 2.13. The Morgan fingerprint density at radius 1 is 1.12 bits per heavy atom. The molecule has 0 unspecified atom stereocenters. The molecule has 1 amide bonds. The average Bonchev–Trinajstić information content (AvgIpc) is 2.96. The first-order chi connectivity index (χ1) is 11.6. The van der Waals surface area contributed by atoms with E-state index in [-0.39, 0.29) is 12.0 Å². The van der Waals surface area contributed by atoms with Crippen molar-refractivity contribution in [3.63, 3.8) is 0 Å². The minimum absolute atomic E-state index is 0.0433. The van der Waals surface area contributed by atoms with E-state index in [1.165, 1.54) is 0 Å². The summed E-state index contributed by atoms with van der Waals surface area (Å²) < 4.78 is 7.56. The molecule has 4 heteroatoms. The fourth-order valence-corrected chi connectivity index (χ4v) is 2.64. The maximum Gasteiger partial charge on any atom is 0.244 e. The highest BCUT2D eigenvalue weighted by Gasteiger charge is 2.07. The summed E-state index contributed by atoms with van der Waals surface area (Å²) in [5.41, 5.74) is 2.90. The number of anilines is 1. The Morgan fingerprint density at radius 3 is 2.79 bits per heavy atom. The van der Waals surface area contributed by atoms with E-state index in [9.17, 15) is 4.79 Å². The van der Waals surface area contributed by atoms with Crippen LogP contribution in [0.4, 0.5) is 5.69 Å². The maximum atomic E-state index is 12.3. The molecule has 1 heterocycles. The molecule has 124 valence electrons. The van der Waals surface area contributed by atoms with Gasteiger partial charge in [-0.3, -0.25) is 4.79 Å². The van der Waals surface area contributed by atoms with Crippen molar-refractivity contribution in [3.05, 3.63) is 66.4 Å². The van der Waals surface area contributed by atoms with Crippen LogP contribution in [-0.2, 0) is 22.7 Å². The normalized spacial score (nSPS) is 11.1. The van der Waals surface area contributed by atoms with E-state index in [1.807, 2.05) is 79.2 Å². The van der Waals surface area contributed by atoms with Crippen molar-refractivity contribution in [2.24, 2.45) is 0 Å². The van der Waals surface area contributed by atoms with Gasteiger partial charge in [-0.1, -0.05) is 30.3 Å². The van der Waals surface area contributed by atoms with Gasteiger partial charge in [0.15, 0.2) is 0 Å². The first-order valence-electron chi connectivity index (χ1n) is 8.16. The first kappa shape index (κ1) is 16.3. The Balaban J connectivity index is 1.65. The summed E-state index contributed by atoms with van der Waals surface area (Å²) in [4.78, 5) is 12.3.